The molecule has 0 spiro atoms. The summed E-state index contributed by atoms with van der Waals surface area (Å²) in [6.07, 6.45) is -4.87. The van der Waals surface area contributed by atoms with E-state index in [4.69, 9.17) is 4.84 Å². The summed E-state index contributed by atoms with van der Waals surface area (Å²) in [6.45, 7) is -0.127. The minimum Gasteiger partial charge on any atom is -0.366 e. The average Bonchev–Trinajstić information content (AvgIpc) is 2.73. The first kappa shape index (κ1) is 18.4. The van der Waals surface area contributed by atoms with Crippen LogP contribution in [0.25, 0.3) is 0 Å². The number of carbonyl (C=O) groups excluding carboxylic acids is 3. The number of nitrogens with zero attached hydrogens (tertiary/aromatic N) is 1. The molecule has 0 aromatic carbocycles. The first-order chi connectivity index (χ1) is 10.2. The van der Waals surface area contributed by atoms with Crippen molar-refractivity contribution in [2.24, 2.45) is 0 Å². The quantitative estimate of drug-likeness (QED) is 0.387. The van der Waals surface area contributed by atoms with Crippen molar-refractivity contribution in [2.45, 2.75) is 51.0 Å². The molecule has 0 bridgehead atoms. The molecular weight excluding hydrogens is 309 g/mol. The Kier molecular flexibility index (Phi) is 6.75. The van der Waals surface area contributed by atoms with Gasteiger partial charge in [0.25, 0.3) is 11.8 Å². The maximum Gasteiger partial charge on any atom is 0.471 e. The molecule has 0 aromatic rings. The summed E-state index contributed by atoms with van der Waals surface area (Å²) in [6, 6.07) is 0. The van der Waals surface area contributed by atoms with Crippen molar-refractivity contribution >= 4 is 17.7 Å². The first-order valence-electron chi connectivity index (χ1n) is 6.77. The van der Waals surface area contributed by atoms with Gasteiger partial charge in [0.05, 0.1) is 0 Å². The van der Waals surface area contributed by atoms with Crippen molar-refractivity contribution in [1.29, 1.82) is 0 Å². The Hall–Kier alpha value is -1.68. The number of alkyl halides is 3. The molecule has 0 radical (unpaired) electrons. The second-order valence-electron chi connectivity index (χ2n) is 4.74. The van der Waals surface area contributed by atoms with E-state index in [1.54, 1.807) is 5.32 Å². The molecule has 1 heterocycles. The number of hydroxylamine groups is 2. The van der Waals surface area contributed by atoms with Gasteiger partial charge < -0.3 is 10.4 Å². The largest absolute Gasteiger partial charge is 0.471 e. The Morgan fingerprint density at radius 3 is 2.36 bits per heavy atom. The van der Waals surface area contributed by atoms with E-state index < -0.39 is 30.2 Å². The fourth-order valence-electron chi connectivity index (χ4n) is 1.77. The molecular formula is C12H17F3N2O5. The van der Waals surface area contributed by atoms with Crippen molar-refractivity contribution in [2.75, 3.05) is 6.54 Å². The van der Waals surface area contributed by atoms with Crippen LogP contribution in [0.1, 0.15) is 38.5 Å². The van der Waals surface area contributed by atoms with Gasteiger partial charge in [0.2, 0.25) is 0 Å². The predicted octanol–water partition coefficient (Wildman–Crippen LogP) is 0.624. The van der Waals surface area contributed by atoms with Crippen LogP contribution in [0.15, 0.2) is 0 Å². The number of amides is 3. The minimum atomic E-state index is -4.89. The number of aliphatic hydroxyl groups excluding tert-OH is 1. The zero-order valence-electron chi connectivity index (χ0n) is 11.7. The zero-order chi connectivity index (χ0) is 16.8. The van der Waals surface area contributed by atoms with Crippen molar-refractivity contribution in [3.8, 4) is 0 Å². The summed E-state index contributed by atoms with van der Waals surface area (Å²) in [7, 11) is 0. The van der Waals surface area contributed by atoms with Gasteiger partial charge in [0.1, 0.15) is 0 Å². The Bertz CT molecular complexity index is 411. The summed E-state index contributed by atoms with van der Waals surface area (Å²) in [5, 5.41) is 11.8. The third kappa shape index (κ3) is 5.98. The summed E-state index contributed by atoms with van der Waals surface area (Å²) in [5.74, 6) is -3.01. The fourth-order valence-corrected chi connectivity index (χ4v) is 1.77. The van der Waals surface area contributed by atoms with Crippen LogP contribution in [0.3, 0.4) is 0 Å². The highest BCUT2D eigenvalue weighted by Crippen LogP contribution is 2.16. The Morgan fingerprint density at radius 1 is 1.23 bits per heavy atom. The van der Waals surface area contributed by atoms with E-state index in [1.807, 2.05) is 0 Å². The van der Waals surface area contributed by atoms with E-state index >= 15 is 0 Å². The van der Waals surface area contributed by atoms with Crippen molar-refractivity contribution in [1.82, 2.24) is 10.4 Å². The average molecular weight is 326 g/mol. The maximum absolute atomic E-state index is 11.9. The van der Waals surface area contributed by atoms with Gasteiger partial charge in [0.15, 0.2) is 6.29 Å². The molecule has 7 nitrogen and oxygen atoms in total. The lowest BCUT2D eigenvalue weighted by molar-refractivity contribution is -0.245. The molecule has 1 unspecified atom stereocenters. The van der Waals surface area contributed by atoms with Crippen LogP contribution in [0.2, 0.25) is 0 Å². The van der Waals surface area contributed by atoms with Gasteiger partial charge >= 0.3 is 12.1 Å². The zero-order valence-corrected chi connectivity index (χ0v) is 11.7. The molecule has 0 aromatic heterocycles. The molecule has 1 saturated heterocycles. The lowest BCUT2D eigenvalue weighted by Gasteiger charge is -2.18. The molecule has 1 atom stereocenters. The van der Waals surface area contributed by atoms with Crippen molar-refractivity contribution in [3.05, 3.63) is 0 Å². The van der Waals surface area contributed by atoms with Gasteiger partial charge in [-0.3, -0.25) is 14.4 Å². The van der Waals surface area contributed by atoms with Gasteiger partial charge in [-0.2, -0.15) is 18.2 Å². The van der Waals surface area contributed by atoms with Gasteiger partial charge in [-0.25, -0.2) is 4.84 Å². The van der Waals surface area contributed by atoms with Crippen LogP contribution in [0, 0.1) is 0 Å². The second kappa shape index (κ2) is 8.08. The van der Waals surface area contributed by atoms with E-state index in [-0.39, 0.29) is 25.8 Å². The highest BCUT2D eigenvalue weighted by atomic mass is 19.4. The number of rotatable bonds is 8. The summed E-state index contributed by atoms with van der Waals surface area (Å²) < 4.78 is 35.6. The molecule has 1 rings (SSSR count). The van der Waals surface area contributed by atoms with E-state index in [2.05, 4.69) is 0 Å². The molecule has 0 saturated carbocycles. The van der Waals surface area contributed by atoms with Crippen LogP contribution < -0.4 is 5.32 Å². The van der Waals surface area contributed by atoms with Crippen LogP contribution >= 0.6 is 0 Å². The van der Waals surface area contributed by atoms with Crippen molar-refractivity contribution < 1.29 is 37.5 Å². The molecule has 1 aliphatic heterocycles. The number of hydrogen-bond donors (Lipinski definition) is 2. The Morgan fingerprint density at radius 2 is 1.82 bits per heavy atom. The third-order valence-electron chi connectivity index (χ3n) is 2.90. The Balaban J connectivity index is 2.08. The van der Waals surface area contributed by atoms with Gasteiger partial charge in [-0.1, -0.05) is 6.42 Å². The first-order valence-corrected chi connectivity index (χ1v) is 6.77. The number of imide groups is 1. The van der Waals surface area contributed by atoms with Crippen LogP contribution in [0.4, 0.5) is 13.2 Å². The molecule has 3 amide bonds. The fraction of sp³-hybridized carbons (Fsp3) is 0.750. The number of unbranched alkanes of at least 4 members (excludes halogenated alkanes) is 2. The van der Waals surface area contributed by atoms with Gasteiger partial charge in [0, 0.05) is 25.8 Å². The van der Waals surface area contributed by atoms with E-state index in [1.165, 1.54) is 0 Å². The topological polar surface area (TPSA) is 95.9 Å². The molecule has 2 N–H and O–H groups in total. The lowest BCUT2D eigenvalue weighted by Crippen LogP contribution is -2.37. The molecule has 10 heteroatoms. The highest BCUT2D eigenvalue weighted by Gasteiger charge is 2.38. The van der Waals surface area contributed by atoms with Gasteiger partial charge in [-0.05, 0) is 12.8 Å². The molecule has 0 aliphatic carbocycles. The van der Waals surface area contributed by atoms with Crippen molar-refractivity contribution in [3.63, 3.8) is 0 Å². The number of aliphatic hydroxyl groups is 1. The Labute approximate surface area is 124 Å². The maximum atomic E-state index is 11.9. The number of nitrogens with one attached hydrogen (secondary N) is 1. The SMILES string of the molecule is O=C1CCC(=O)N1OC(O)CCCCCNC(=O)C(F)(F)F. The molecule has 126 valence electrons. The van der Waals surface area contributed by atoms with Crippen LogP contribution in [-0.4, -0.2) is 46.9 Å². The smallest absolute Gasteiger partial charge is 0.366 e. The van der Waals surface area contributed by atoms with Crippen LogP contribution in [-0.2, 0) is 19.2 Å². The number of halogens is 3. The number of carbonyl (C=O) groups is 3. The summed E-state index contributed by atoms with van der Waals surface area (Å²) >= 11 is 0. The van der Waals surface area contributed by atoms with E-state index in [0.717, 1.165) is 0 Å². The molecule has 22 heavy (non-hydrogen) atoms. The minimum absolute atomic E-state index is 0.0461. The lowest BCUT2D eigenvalue weighted by atomic mass is 10.2. The van der Waals surface area contributed by atoms with Crippen LogP contribution in [0.5, 0.6) is 0 Å². The predicted molar refractivity (Wildman–Crippen MR) is 65.7 cm³/mol. The molecule has 1 fully saturated rings. The van der Waals surface area contributed by atoms with E-state index in [0.29, 0.717) is 24.3 Å². The third-order valence-corrected chi connectivity index (χ3v) is 2.90. The normalized spacial score (nSPS) is 17.0. The highest BCUT2D eigenvalue weighted by molar-refractivity contribution is 6.00. The second-order valence-corrected chi connectivity index (χ2v) is 4.74. The monoisotopic (exact) mass is 326 g/mol. The standard InChI is InChI=1S/C12H17F3N2O5/c13-12(14,15)11(21)16-7-3-1-2-4-10(20)22-17-8(18)5-6-9(17)19/h10,20H,1-7H2,(H,16,21). The molecule has 1 aliphatic rings. The van der Waals surface area contributed by atoms with E-state index in [9.17, 15) is 32.7 Å². The summed E-state index contributed by atoms with van der Waals surface area (Å²) in [5.41, 5.74) is 0. The summed E-state index contributed by atoms with van der Waals surface area (Å²) in [4.78, 5) is 37.7. The number of hydrogen-bond acceptors (Lipinski definition) is 5. The van der Waals surface area contributed by atoms with Gasteiger partial charge in [-0.15, -0.1) is 0 Å².